The van der Waals surface area contributed by atoms with Crippen molar-refractivity contribution in [1.29, 1.82) is 0 Å². The molecule has 4 nitrogen and oxygen atoms in total. The normalized spacial score (nSPS) is 18.6. The van der Waals surface area contributed by atoms with Crippen LogP contribution < -0.4 is 15.5 Å². The molecule has 0 radical (unpaired) electrons. The lowest BCUT2D eigenvalue weighted by Crippen LogP contribution is -2.37. The van der Waals surface area contributed by atoms with Crippen LogP contribution in [0.3, 0.4) is 0 Å². The summed E-state index contributed by atoms with van der Waals surface area (Å²) in [5, 5.41) is 4.00. The fourth-order valence-electron chi connectivity index (χ4n) is 3.54. The number of benzene rings is 2. The van der Waals surface area contributed by atoms with Gasteiger partial charge in [0.2, 0.25) is 0 Å². The molecule has 1 fully saturated rings. The lowest BCUT2D eigenvalue weighted by atomic mass is 9.94. The predicted molar refractivity (Wildman–Crippen MR) is 104 cm³/mol. The summed E-state index contributed by atoms with van der Waals surface area (Å²) >= 11 is 0. The maximum absolute atomic E-state index is 12.4. The third-order valence-electron chi connectivity index (χ3n) is 5.08. The predicted octanol–water partition coefficient (Wildman–Crippen LogP) is 4.23. The summed E-state index contributed by atoms with van der Waals surface area (Å²) in [4.78, 5) is 12.4. The van der Waals surface area contributed by atoms with Crippen LogP contribution in [-0.2, 0) is 0 Å². The van der Waals surface area contributed by atoms with E-state index in [0.717, 1.165) is 24.4 Å². The van der Waals surface area contributed by atoms with E-state index >= 15 is 0 Å². The smallest absolute Gasteiger partial charge is 0.193 e. The summed E-state index contributed by atoms with van der Waals surface area (Å²) in [6.45, 7) is 4.19. The van der Waals surface area contributed by atoms with E-state index in [1.807, 2.05) is 42.5 Å². The Hall–Kier alpha value is -2.59. The lowest BCUT2D eigenvalue weighted by molar-refractivity contribution is 0.131. The minimum Gasteiger partial charge on any atom is -0.490 e. The van der Waals surface area contributed by atoms with Gasteiger partial charge >= 0.3 is 0 Å². The Morgan fingerprint density at radius 2 is 2.00 bits per heavy atom. The van der Waals surface area contributed by atoms with Crippen LogP contribution in [0.4, 0.5) is 0 Å². The molecule has 1 aliphatic heterocycles. The van der Waals surface area contributed by atoms with Crippen LogP contribution >= 0.6 is 0 Å². The Morgan fingerprint density at radius 3 is 2.77 bits per heavy atom. The van der Waals surface area contributed by atoms with Gasteiger partial charge in [-0.2, -0.15) is 0 Å². The summed E-state index contributed by atoms with van der Waals surface area (Å²) in [6, 6.07) is 16.7. The van der Waals surface area contributed by atoms with Crippen LogP contribution in [-0.4, -0.2) is 19.2 Å². The van der Waals surface area contributed by atoms with Gasteiger partial charge in [-0.3, -0.25) is 4.79 Å². The molecule has 1 aromatic heterocycles. The van der Waals surface area contributed by atoms with Gasteiger partial charge in [0, 0.05) is 30.2 Å². The minimum atomic E-state index is -0.0406. The second kappa shape index (κ2) is 7.34. The van der Waals surface area contributed by atoms with E-state index in [-0.39, 0.29) is 11.5 Å². The Labute approximate surface area is 152 Å². The molecule has 2 atom stereocenters. The van der Waals surface area contributed by atoms with Crippen LogP contribution in [0.15, 0.2) is 63.8 Å². The Bertz CT molecular complexity index is 943. The number of ether oxygens (including phenoxy) is 1. The molecule has 2 aromatic carbocycles. The molecule has 0 saturated carbocycles. The molecule has 0 aliphatic carbocycles. The highest BCUT2D eigenvalue weighted by molar-refractivity contribution is 5.80. The van der Waals surface area contributed by atoms with Gasteiger partial charge in [0.25, 0.3) is 0 Å². The van der Waals surface area contributed by atoms with Crippen molar-refractivity contribution >= 4 is 11.0 Å². The largest absolute Gasteiger partial charge is 0.490 e. The van der Waals surface area contributed by atoms with E-state index in [0.29, 0.717) is 22.6 Å². The first-order chi connectivity index (χ1) is 12.7. The number of fused-ring (bicyclic) bond motifs is 1. The van der Waals surface area contributed by atoms with Gasteiger partial charge in [-0.1, -0.05) is 30.3 Å². The molecule has 1 saturated heterocycles. The van der Waals surface area contributed by atoms with Crippen molar-refractivity contribution in [3.8, 4) is 17.1 Å². The minimum absolute atomic E-state index is 0.0406. The molecule has 134 valence electrons. The first-order valence-corrected chi connectivity index (χ1v) is 9.21. The van der Waals surface area contributed by atoms with E-state index in [1.54, 1.807) is 12.1 Å². The second-order valence-corrected chi connectivity index (χ2v) is 6.93. The molecular weight excluding hydrogens is 326 g/mol. The van der Waals surface area contributed by atoms with Gasteiger partial charge < -0.3 is 14.5 Å². The summed E-state index contributed by atoms with van der Waals surface area (Å²) in [7, 11) is 0. The number of rotatable bonds is 4. The Balaban J connectivity index is 1.64. The fraction of sp³-hybridized carbons (Fsp3) is 0.318. The van der Waals surface area contributed by atoms with E-state index in [4.69, 9.17) is 9.15 Å². The summed E-state index contributed by atoms with van der Waals surface area (Å²) in [6.07, 6.45) is 2.48. The quantitative estimate of drug-likeness (QED) is 0.766. The SMILES string of the molecule is CC(Oc1ccc2c(=O)cc(-c3ccccc3)oc2c1)C1CCCNC1. The van der Waals surface area contributed by atoms with Crippen molar-refractivity contribution in [1.82, 2.24) is 5.32 Å². The molecule has 3 aromatic rings. The molecule has 0 spiro atoms. The molecule has 0 amide bonds. The van der Waals surface area contributed by atoms with Crippen molar-refractivity contribution < 1.29 is 9.15 Å². The molecule has 0 bridgehead atoms. The van der Waals surface area contributed by atoms with E-state index in [1.165, 1.54) is 12.8 Å². The first kappa shape index (κ1) is 16.9. The van der Waals surface area contributed by atoms with E-state index < -0.39 is 0 Å². The fourth-order valence-corrected chi connectivity index (χ4v) is 3.54. The van der Waals surface area contributed by atoms with Crippen LogP contribution in [0.2, 0.25) is 0 Å². The van der Waals surface area contributed by atoms with Crippen molar-refractivity contribution in [2.75, 3.05) is 13.1 Å². The Kier molecular flexibility index (Phi) is 4.76. The van der Waals surface area contributed by atoms with Crippen LogP contribution in [0.5, 0.6) is 5.75 Å². The van der Waals surface area contributed by atoms with Gasteiger partial charge in [-0.05, 0) is 38.4 Å². The van der Waals surface area contributed by atoms with Crippen molar-refractivity contribution in [2.45, 2.75) is 25.9 Å². The molecule has 2 unspecified atom stereocenters. The highest BCUT2D eigenvalue weighted by Crippen LogP contribution is 2.26. The molecule has 1 aliphatic rings. The van der Waals surface area contributed by atoms with Gasteiger partial charge in [0.1, 0.15) is 17.1 Å². The molecule has 1 N–H and O–H groups in total. The van der Waals surface area contributed by atoms with Gasteiger partial charge in [0.15, 0.2) is 5.43 Å². The third kappa shape index (κ3) is 3.51. The molecule has 2 heterocycles. The standard InChI is InChI=1S/C22H23NO3/c1-15(17-8-5-11-23-14-17)25-18-9-10-19-20(24)13-21(26-22(19)12-18)16-6-3-2-4-7-16/h2-4,6-7,9-10,12-13,15,17,23H,5,8,11,14H2,1H3. The van der Waals surface area contributed by atoms with Gasteiger partial charge in [0.05, 0.1) is 11.5 Å². The third-order valence-corrected chi connectivity index (χ3v) is 5.08. The first-order valence-electron chi connectivity index (χ1n) is 9.21. The van der Waals surface area contributed by atoms with Crippen molar-refractivity contribution in [3.63, 3.8) is 0 Å². The number of nitrogens with one attached hydrogen (secondary N) is 1. The van der Waals surface area contributed by atoms with Crippen LogP contribution in [0, 0.1) is 5.92 Å². The maximum atomic E-state index is 12.4. The lowest BCUT2D eigenvalue weighted by Gasteiger charge is -2.28. The van der Waals surface area contributed by atoms with E-state index in [9.17, 15) is 4.79 Å². The van der Waals surface area contributed by atoms with Gasteiger partial charge in [-0.15, -0.1) is 0 Å². The average Bonchev–Trinajstić information content (AvgIpc) is 2.69. The van der Waals surface area contributed by atoms with Crippen molar-refractivity contribution in [3.05, 3.63) is 64.8 Å². The van der Waals surface area contributed by atoms with Crippen molar-refractivity contribution in [2.24, 2.45) is 5.92 Å². The topological polar surface area (TPSA) is 51.5 Å². The summed E-state index contributed by atoms with van der Waals surface area (Å²) < 4.78 is 12.1. The van der Waals surface area contributed by atoms with Crippen LogP contribution in [0.1, 0.15) is 19.8 Å². The monoisotopic (exact) mass is 349 g/mol. The number of hydrogen-bond acceptors (Lipinski definition) is 4. The average molecular weight is 349 g/mol. The van der Waals surface area contributed by atoms with Gasteiger partial charge in [-0.25, -0.2) is 0 Å². The molecular formula is C22H23NO3. The number of hydrogen-bond donors (Lipinski definition) is 1. The zero-order valence-electron chi connectivity index (χ0n) is 14.9. The summed E-state index contributed by atoms with van der Waals surface area (Å²) in [5.74, 6) is 1.82. The molecule has 4 rings (SSSR count). The summed E-state index contributed by atoms with van der Waals surface area (Å²) in [5.41, 5.74) is 1.41. The maximum Gasteiger partial charge on any atom is 0.193 e. The number of piperidine rings is 1. The highest BCUT2D eigenvalue weighted by atomic mass is 16.5. The zero-order chi connectivity index (χ0) is 17.9. The van der Waals surface area contributed by atoms with E-state index in [2.05, 4.69) is 12.2 Å². The van der Waals surface area contributed by atoms with Crippen LogP contribution in [0.25, 0.3) is 22.3 Å². The highest BCUT2D eigenvalue weighted by Gasteiger charge is 2.21. The molecule has 4 heteroatoms. The zero-order valence-corrected chi connectivity index (χ0v) is 14.9. The second-order valence-electron chi connectivity index (χ2n) is 6.93. The Morgan fingerprint density at radius 1 is 1.15 bits per heavy atom. The molecule has 26 heavy (non-hydrogen) atoms.